The van der Waals surface area contributed by atoms with Crippen LogP contribution in [0.25, 0.3) is 0 Å². The molecule has 44 heavy (non-hydrogen) atoms. The van der Waals surface area contributed by atoms with Crippen LogP contribution in [0.15, 0.2) is 60.7 Å². The zero-order valence-electron chi connectivity index (χ0n) is 23.8. The third-order valence-corrected chi connectivity index (χ3v) is 9.34. The standard InChI is InChI=1S/C30H32Cl2N4O7S/c1-44(41,42)34-25-11-4-5-12-26(25)35-28(23-14-13-18(31)15-24(23)32)27(21-9-2-3-10-22(21)30(35)39)29(38)33-43-17-20-8-6-7-19(16-37)36(20)40/h2-3,6-10,13-15,25-28,34,37H,4-5,11-12,16-17H2,1H3,(H,33,38). The Bertz CT molecular complexity index is 1670. The van der Waals surface area contributed by atoms with Crippen molar-refractivity contribution in [2.45, 2.75) is 62.9 Å². The van der Waals surface area contributed by atoms with Crippen LogP contribution in [0, 0.1) is 5.21 Å². The predicted octanol–water partition coefficient (Wildman–Crippen LogP) is 3.51. The number of hydrogen-bond acceptors (Lipinski definition) is 7. The van der Waals surface area contributed by atoms with Crippen molar-refractivity contribution in [2.24, 2.45) is 0 Å². The fraction of sp³-hybridized carbons (Fsp3) is 0.367. The van der Waals surface area contributed by atoms with Crippen LogP contribution in [0.5, 0.6) is 0 Å². The van der Waals surface area contributed by atoms with E-state index in [1.807, 2.05) is 0 Å². The van der Waals surface area contributed by atoms with Gasteiger partial charge < -0.3 is 15.2 Å². The van der Waals surface area contributed by atoms with Crippen LogP contribution in [-0.2, 0) is 32.9 Å². The minimum Gasteiger partial charge on any atom is -0.618 e. The summed E-state index contributed by atoms with van der Waals surface area (Å²) in [6, 6.07) is 14.0. The van der Waals surface area contributed by atoms with Crippen molar-refractivity contribution in [2.75, 3.05) is 6.26 Å². The number of rotatable bonds is 9. The number of pyridine rings is 1. The van der Waals surface area contributed by atoms with E-state index in [9.17, 15) is 28.3 Å². The molecule has 1 fully saturated rings. The first-order chi connectivity index (χ1) is 21.0. The van der Waals surface area contributed by atoms with E-state index in [4.69, 9.17) is 28.0 Å². The minimum absolute atomic E-state index is 0.120. The van der Waals surface area contributed by atoms with Crippen LogP contribution >= 0.6 is 23.2 Å². The van der Waals surface area contributed by atoms with Crippen molar-refractivity contribution in [3.05, 3.63) is 104 Å². The maximum atomic E-state index is 14.3. The lowest BCUT2D eigenvalue weighted by atomic mass is 9.76. The van der Waals surface area contributed by atoms with E-state index in [0.717, 1.165) is 19.1 Å². The summed E-state index contributed by atoms with van der Waals surface area (Å²) in [7, 11) is -3.62. The minimum atomic E-state index is -3.62. The number of halogens is 2. The summed E-state index contributed by atoms with van der Waals surface area (Å²) in [6.45, 7) is -0.762. The van der Waals surface area contributed by atoms with Gasteiger partial charge in [-0.2, -0.15) is 4.73 Å². The second-order valence-corrected chi connectivity index (χ2v) is 13.6. The normalized spacial score (nSPS) is 22.0. The van der Waals surface area contributed by atoms with Gasteiger partial charge >= 0.3 is 0 Å². The van der Waals surface area contributed by atoms with Gasteiger partial charge in [0.15, 0.2) is 6.61 Å². The van der Waals surface area contributed by atoms with E-state index >= 15 is 0 Å². The third kappa shape index (κ3) is 6.70. The number of sulfonamides is 1. The molecule has 3 aromatic rings. The topological polar surface area (TPSA) is 152 Å². The Hall–Kier alpha value is -3.26. The molecular formula is C30H32Cl2N4O7S. The van der Waals surface area contributed by atoms with E-state index in [1.165, 1.54) is 18.2 Å². The number of aromatic nitrogens is 1. The number of benzene rings is 2. The van der Waals surface area contributed by atoms with Crippen molar-refractivity contribution >= 4 is 45.0 Å². The van der Waals surface area contributed by atoms with Crippen molar-refractivity contribution < 1.29 is 32.7 Å². The quantitative estimate of drug-likeness (QED) is 0.180. The highest BCUT2D eigenvalue weighted by Gasteiger charge is 2.49. The second kappa shape index (κ2) is 13.4. The summed E-state index contributed by atoms with van der Waals surface area (Å²) >= 11 is 13.0. The number of nitrogens with zero attached hydrogens (tertiary/aromatic N) is 2. The average molecular weight is 664 g/mol. The predicted molar refractivity (Wildman–Crippen MR) is 163 cm³/mol. The molecule has 11 nitrogen and oxygen atoms in total. The van der Waals surface area contributed by atoms with Crippen LogP contribution in [-0.4, -0.2) is 48.6 Å². The molecule has 1 aliphatic heterocycles. The van der Waals surface area contributed by atoms with E-state index in [-0.39, 0.29) is 28.9 Å². The van der Waals surface area contributed by atoms with Gasteiger partial charge in [-0.15, -0.1) is 0 Å². The van der Waals surface area contributed by atoms with Gasteiger partial charge in [-0.1, -0.05) is 60.3 Å². The van der Waals surface area contributed by atoms with Gasteiger partial charge in [-0.3, -0.25) is 14.4 Å². The summed E-state index contributed by atoms with van der Waals surface area (Å²) in [5, 5.41) is 22.5. The number of amides is 2. The zero-order valence-corrected chi connectivity index (χ0v) is 26.1. The van der Waals surface area contributed by atoms with Crippen LogP contribution in [0.4, 0.5) is 0 Å². The molecule has 0 saturated heterocycles. The summed E-state index contributed by atoms with van der Waals surface area (Å²) in [6.07, 6.45) is 3.60. The van der Waals surface area contributed by atoms with Gasteiger partial charge in [0.05, 0.1) is 18.2 Å². The Kier molecular flexibility index (Phi) is 9.78. The van der Waals surface area contributed by atoms with Gasteiger partial charge in [0.2, 0.25) is 21.4 Å². The number of aliphatic hydroxyl groups is 1. The Morgan fingerprint density at radius 1 is 1.07 bits per heavy atom. The summed E-state index contributed by atoms with van der Waals surface area (Å²) in [4.78, 5) is 35.5. The molecule has 0 radical (unpaired) electrons. The molecule has 2 aliphatic rings. The van der Waals surface area contributed by atoms with E-state index in [1.54, 1.807) is 47.4 Å². The molecule has 3 N–H and O–H groups in total. The molecule has 2 aromatic carbocycles. The molecule has 1 aliphatic carbocycles. The molecule has 0 spiro atoms. The molecule has 2 heterocycles. The van der Waals surface area contributed by atoms with E-state index in [0.29, 0.717) is 39.3 Å². The number of fused-ring (bicyclic) bond motifs is 1. The van der Waals surface area contributed by atoms with Crippen LogP contribution in [0.2, 0.25) is 10.0 Å². The number of hydrogen-bond donors (Lipinski definition) is 3. The number of carbonyl (C=O) groups excluding carboxylic acids is 2. The van der Waals surface area contributed by atoms with Crippen molar-refractivity contribution in [3.63, 3.8) is 0 Å². The molecule has 1 aromatic heterocycles. The average Bonchev–Trinajstić information content (AvgIpc) is 2.98. The van der Waals surface area contributed by atoms with Gasteiger partial charge in [0.25, 0.3) is 11.8 Å². The molecule has 2 amide bonds. The molecular weight excluding hydrogens is 631 g/mol. The number of nitrogens with one attached hydrogen (secondary N) is 2. The molecule has 14 heteroatoms. The highest BCUT2D eigenvalue weighted by Crippen LogP contribution is 2.47. The fourth-order valence-corrected chi connectivity index (χ4v) is 7.53. The lowest BCUT2D eigenvalue weighted by molar-refractivity contribution is -0.627. The highest BCUT2D eigenvalue weighted by atomic mass is 35.5. The maximum Gasteiger partial charge on any atom is 0.255 e. The Morgan fingerprint density at radius 3 is 2.52 bits per heavy atom. The number of carbonyl (C=O) groups is 2. The molecule has 4 unspecified atom stereocenters. The molecule has 1 saturated carbocycles. The fourth-order valence-electron chi connectivity index (χ4n) is 6.19. The lowest BCUT2D eigenvalue weighted by Crippen LogP contribution is -2.59. The lowest BCUT2D eigenvalue weighted by Gasteiger charge is -2.49. The highest BCUT2D eigenvalue weighted by molar-refractivity contribution is 7.88. The Labute approximate surface area is 265 Å². The summed E-state index contributed by atoms with van der Waals surface area (Å²) in [5.74, 6) is -2.00. The van der Waals surface area contributed by atoms with Crippen LogP contribution < -0.4 is 14.9 Å². The monoisotopic (exact) mass is 662 g/mol. The zero-order chi connectivity index (χ0) is 31.6. The number of hydroxylamine groups is 1. The van der Waals surface area contributed by atoms with Crippen LogP contribution in [0.1, 0.15) is 70.5 Å². The summed E-state index contributed by atoms with van der Waals surface area (Å²) < 4.78 is 27.9. The number of aliphatic hydroxyl groups excluding tert-OH is 1. The van der Waals surface area contributed by atoms with Crippen molar-refractivity contribution in [1.29, 1.82) is 0 Å². The van der Waals surface area contributed by atoms with Gasteiger partial charge in [-0.05, 0) is 48.2 Å². The SMILES string of the molecule is CS(=O)(=O)NC1CCCCC1N1C(=O)c2ccccc2C(C(=O)NOCc2cccc(CO)[n+]2[O-])C1c1ccc(Cl)cc1Cl. The molecule has 234 valence electrons. The summed E-state index contributed by atoms with van der Waals surface area (Å²) in [5.41, 5.74) is 3.92. The van der Waals surface area contributed by atoms with Crippen molar-refractivity contribution in [1.82, 2.24) is 15.1 Å². The maximum absolute atomic E-state index is 14.3. The third-order valence-electron chi connectivity index (χ3n) is 8.05. The smallest absolute Gasteiger partial charge is 0.255 e. The first-order valence-corrected chi connectivity index (χ1v) is 16.7. The van der Waals surface area contributed by atoms with Gasteiger partial charge in [-0.25, -0.2) is 18.6 Å². The first-order valence-electron chi connectivity index (χ1n) is 14.1. The van der Waals surface area contributed by atoms with Crippen LogP contribution in [0.3, 0.4) is 0 Å². The molecule has 4 atom stereocenters. The second-order valence-electron chi connectivity index (χ2n) is 11.0. The van der Waals surface area contributed by atoms with Gasteiger partial charge in [0, 0.05) is 39.8 Å². The Morgan fingerprint density at radius 2 is 1.80 bits per heavy atom. The largest absolute Gasteiger partial charge is 0.618 e. The van der Waals surface area contributed by atoms with E-state index < -0.39 is 46.6 Å². The van der Waals surface area contributed by atoms with Gasteiger partial charge in [0.1, 0.15) is 6.61 Å². The molecule has 0 bridgehead atoms. The van der Waals surface area contributed by atoms with E-state index in [2.05, 4.69) is 10.2 Å². The Balaban J connectivity index is 1.58. The van der Waals surface area contributed by atoms with Crippen molar-refractivity contribution in [3.8, 4) is 0 Å². The first kappa shape index (κ1) is 32.1. The molecule has 5 rings (SSSR count).